The molecule has 0 saturated carbocycles. The maximum absolute atomic E-state index is 12.0. The van der Waals surface area contributed by atoms with Gasteiger partial charge in [-0.15, -0.1) is 0 Å². The molecule has 1 atom stereocenters. The Hall–Kier alpha value is -1.40. The number of hydrogen-bond acceptors (Lipinski definition) is 4. The van der Waals surface area contributed by atoms with E-state index in [4.69, 9.17) is 0 Å². The molecule has 17 heavy (non-hydrogen) atoms. The number of carbonyl (C=O) groups is 3. The third kappa shape index (κ3) is 4.54. The molecule has 0 aliphatic rings. The van der Waals surface area contributed by atoms with E-state index in [2.05, 4.69) is 4.74 Å². The number of ether oxygens (including phenoxy) is 1. The van der Waals surface area contributed by atoms with Gasteiger partial charge in [-0.3, -0.25) is 14.4 Å². The first-order valence-corrected chi connectivity index (χ1v) is 4.82. The van der Waals surface area contributed by atoms with Crippen LogP contribution in [-0.2, 0) is 19.1 Å². The summed E-state index contributed by atoms with van der Waals surface area (Å²) in [6.07, 6.45) is -6.25. The van der Waals surface area contributed by atoms with Crippen LogP contribution in [0.25, 0.3) is 0 Å². The number of esters is 1. The Kier molecular flexibility index (Phi) is 5.31. The summed E-state index contributed by atoms with van der Waals surface area (Å²) in [4.78, 5) is 33.4. The molecule has 1 unspecified atom stereocenters. The molecular weight excluding hydrogens is 241 g/mol. The van der Waals surface area contributed by atoms with E-state index in [1.807, 2.05) is 0 Å². The molecule has 0 aromatic heterocycles. The van der Waals surface area contributed by atoms with Crippen LogP contribution in [0.1, 0.15) is 20.3 Å². The smallest absolute Gasteiger partial charge is 0.450 e. The van der Waals surface area contributed by atoms with Crippen LogP contribution in [0.2, 0.25) is 0 Å². The molecule has 0 aliphatic carbocycles. The van der Waals surface area contributed by atoms with Crippen molar-refractivity contribution in [1.82, 2.24) is 0 Å². The highest BCUT2D eigenvalue weighted by Crippen LogP contribution is 2.23. The third-order valence-electron chi connectivity index (χ3n) is 2.10. The van der Waals surface area contributed by atoms with Gasteiger partial charge in [-0.2, -0.15) is 13.2 Å². The van der Waals surface area contributed by atoms with E-state index in [9.17, 15) is 27.6 Å². The molecule has 0 saturated heterocycles. The quantitative estimate of drug-likeness (QED) is 0.551. The van der Waals surface area contributed by atoms with E-state index in [1.165, 1.54) is 13.8 Å². The summed E-state index contributed by atoms with van der Waals surface area (Å²) in [7, 11) is 0.945. The summed E-state index contributed by atoms with van der Waals surface area (Å²) in [6.45, 7) is 2.85. The Balaban J connectivity index is 4.92. The molecule has 4 nitrogen and oxygen atoms in total. The normalized spacial score (nSPS) is 13.4. The van der Waals surface area contributed by atoms with Gasteiger partial charge in [0.1, 0.15) is 11.7 Å². The van der Waals surface area contributed by atoms with Crippen molar-refractivity contribution < 1.29 is 32.3 Å². The van der Waals surface area contributed by atoms with Gasteiger partial charge in [0.25, 0.3) is 0 Å². The van der Waals surface area contributed by atoms with Crippen LogP contribution >= 0.6 is 0 Å². The Morgan fingerprint density at radius 3 is 1.94 bits per heavy atom. The highest BCUT2D eigenvalue weighted by molar-refractivity contribution is 6.03. The zero-order valence-electron chi connectivity index (χ0n) is 9.63. The molecular formula is C10H13F3O4. The minimum atomic E-state index is -5.05. The van der Waals surface area contributed by atoms with Crippen molar-refractivity contribution in [2.75, 3.05) is 7.11 Å². The van der Waals surface area contributed by atoms with Gasteiger partial charge >= 0.3 is 12.1 Å². The summed E-state index contributed by atoms with van der Waals surface area (Å²) < 4.78 is 40.3. The number of rotatable bonds is 5. The van der Waals surface area contributed by atoms with Crippen molar-refractivity contribution >= 4 is 17.5 Å². The lowest BCUT2D eigenvalue weighted by atomic mass is 9.91. The number of carbonyl (C=O) groups excluding carboxylic acids is 3. The molecule has 98 valence electrons. The predicted octanol–water partition coefficient (Wildman–Crippen LogP) is 1.52. The second-order valence-electron chi connectivity index (χ2n) is 3.76. The van der Waals surface area contributed by atoms with Crippen molar-refractivity contribution in [3.05, 3.63) is 0 Å². The molecule has 0 aromatic rings. The van der Waals surface area contributed by atoms with Crippen molar-refractivity contribution in [3.63, 3.8) is 0 Å². The van der Waals surface area contributed by atoms with Crippen molar-refractivity contribution in [2.24, 2.45) is 11.8 Å². The lowest BCUT2D eigenvalue weighted by Crippen LogP contribution is -2.34. The van der Waals surface area contributed by atoms with E-state index in [1.54, 1.807) is 0 Å². The van der Waals surface area contributed by atoms with Crippen LogP contribution < -0.4 is 0 Å². The lowest BCUT2D eigenvalue weighted by Gasteiger charge is -2.15. The van der Waals surface area contributed by atoms with Crippen molar-refractivity contribution in [1.29, 1.82) is 0 Å². The number of ketones is 2. The SMILES string of the molecule is COC(=O)C(CC(=O)C(F)(F)F)C(=O)C(C)C. The Labute approximate surface area is 96.1 Å². The zero-order chi connectivity index (χ0) is 13.8. The maximum Gasteiger partial charge on any atom is 0.450 e. The highest BCUT2D eigenvalue weighted by Gasteiger charge is 2.43. The number of Topliss-reactive ketones (excluding diaryl/α,β-unsaturated/α-hetero) is 2. The standard InChI is InChI=1S/C10H13F3O4/c1-5(2)8(15)6(9(16)17-3)4-7(14)10(11,12)13/h5-6H,4H2,1-3H3. The molecule has 0 spiro atoms. The molecule has 7 heteroatoms. The van der Waals surface area contributed by atoms with Crippen LogP contribution in [-0.4, -0.2) is 30.8 Å². The average molecular weight is 254 g/mol. The van der Waals surface area contributed by atoms with E-state index >= 15 is 0 Å². The van der Waals surface area contributed by atoms with Gasteiger partial charge < -0.3 is 4.74 Å². The Morgan fingerprint density at radius 2 is 1.65 bits per heavy atom. The van der Waals surface area contributed by atoms with E-state index in [0.29, 0.717) is 0 Å². The zero-order valence-corrected chi connectivity index (χ0v) is 9.63. The largest absolute Gasteiger partial charge is 0.468 e. The van der Waals surface area contributed by atoms with Crippen LogP contribution in [0, 0.1) is 11.8 Å². The van der Waals surface area contributed by atoms with E-state index in [-0.39, 0.29) is 0 Å². The first kappa shape index (κ1) is 15.6. The van der Waals surface area contributed by atoms with Gasteiger partial charge in [-0.05, 0) is 0 Å². The van der Waals surface area contributed by atoms with Crippen molar-refractivity contribution in [2.45, 2.75) is 26.4 Å². The molecule has 0 fully saturated rings. The molecule has 0 aromatic carbocycles. The van der Waals surface area contributed by atoms with Crippen LogP contribution in [0.3, 0.4) is 0 Å². The fraction of sp³-hybridized carbons (Fsp3) is 0.700. The molecule has 0 bridgehead atoms. The van der Waals surface area contributed by atoms with Gasteiger partial charge in [-0.25, -0.2) is 0 Å². The van der Waals surface area contributed by atoms with Gasteiger partial charge in [0.2, 0.25) is 5.78 Å². The average Bonchev–Trinajstić information content (AvgIpc) is 2.21. The summed E-state index contributed by atoms with van der Waals surface area (Å²) in [5.74, 6) is -6.31. The van der Waals surface area contributed by atoms with Gasteiger partial charge in [0, 0.05) is 12.3 Å². The topological polar surface area (TPSA) is 60.4 Å². The monoisotopic (exact) mass is 254 g/mol. The Bertz CT molecular complexity index is 320. The fourth-order valence-corrected chi connectivity index (χ4v) is 1.15. The van der Waals surface area contributed by atoms with Gasteiger partial charge in [0.05, 0.1) is 7.11 Å². The number of alkyl halides is 3. The molecule has 0 amide bonds. The molecule has 0 rings (SSSR count). The second-order valence-corrected chi connectivity index (χ2v) is 3.76. The molecule has 0 N–H and O–H groups in total. The minimum absolute atomic E-state index is 0.653. The van der Waals surface area contributed by atoms with Crippen LogP contribution in [0.4, 0.5) is 13.2 Å². The van der Waals surface area contributed by atoms with Crippen molar-refractivity contribution in [3.8, 4) is 0 Å². The highest BCUT2D eigenvalue weighted by atomic mass is 19.4. The summed E-state index contributed by atoms with van der Waals surface area (Å²) in [5, 5.41) is 0. The fourth-order valence-electron chi connectivity index (χ4n) is 1.15. The number of hydrogen-bond donors (Lipinski definition) is 0. The van der Waals surface area contributed by atoms with E-state index in [0.717, 1.165) is 7.11 Å². The first-order valence-electron chi connectivity index (χ1n) is 4.82. The summed E-state index contributed by atoms with van der Waals surface area (Å²) in [5.41, 5.74) is 0. The minimum Gasteiger partial charge on any atom is -0.468 e. The lowest BCUT2D eigenvalue weighted by molar-refractivity contribution is -0.174. The third-order valence-corrected chi connectivity index (χ3v) is 2.10. The Morgan fingerprint density at radius 1 is 1.18 bits per heavy atom. The first-order chi connectivity index (χ1) is 7.61. The molecule has 0 radical (unpaired) electrons. The number of methoxy groups -OCH3 is 1. The summed E-state index contributed by atoms with van der Waals surface area (Å²) >= 11 is 0. The second kappa shape index (κ2) is 5.79. The van der Waals surface area contributed by atoms with Crippen LogP contribution in [0.5, 0.6) is 0 Å². The predicted molar refractivity (Wildman–Crippen MR) is 51.0 cm³/mol. The van der Waals surface area contributed by atoms with Crippen LogP contribution in [0.15, 0.2) is 0 Å². The van der Waals surface area contributed by atoms with E-state index < -0.39 is 42.0 Å². The van der Waals surface area contributed by atoms with Gasteiger partial charge in [-0.1, -0.05) is 13.8 Å². The molecule has 0 aliphatic heterocycles. The summed E-state index contributed by atoms with van der Waals surface area (Å²) in [6, 6.07) is 0. The molecule has 0 heterocycles. The maximum atomic E-state index is 12.0. The number of halogens is 3. The van der Waals surface area contributed by atoms with Gasteiger partial charge in [0.15, 0.2) is 0 Å².